The zero-order chi connectivity index (χ0) is 25.2. The first-order chi connectivity index (χ1) is 16.7. The Hall–Kier alpha value is -2.91. The highest BCUT2D eigenvalue weighted by Gasteiger charge is 2.73. The Morgan fingerprint density at radius 3 is 2.23 bits per heavy atom. The van der Waals surface area contributed by atoms with Crippen LogP contribution in [0.25, 0.3) is 0 Å². The van der Waals surface area contributed by atoms with E-state index in [-0.39, 0.29) is 17.9 Å². The van der Waals surface area contributed by atoms with Crippen molar-refractivity contribution in [3.8, 4) is 0 Å². The van der Waals surface area contributed by atoms with Crippen LogP contribution in [0.4, 0.5) is 5.69 Å². The van der Waals surface area contributed by atoms with Gasteiger partial charge in [-0.05, 0) is 49.9 Å². The average Bonchev–Trinajstić information content (AvgIpc) is 3.39. The van der Waals surface area contributed by atoms with Gasteiger partial charge in [0.25, 0.3) is 0 Å². The molecular weight excluding hydrogens is 468 g/mol. The van der Waals surface area contributed by atoms with Gasteiger partial charge in [0.15, 0.2) is 5.41 Å². The van der Waals surface area contributed by atoms with Crippen molar-refractivity contribution < 1.29 is 27.5 Å². The van der Waals surface area contributed by atoms with Gasteiger partial charge in [0.1, 0.15) is 0 Å². The molecule has 35 heavy (non-hydrogen) atoms. The minimum Gasteiger partial charge on any atom is -0.468 e. The number of rotatable bonds is 4. The molecule has 2 aromatic carbocycles. The highest BCUT2D eigenvalue weighted by atomic mass is 32.2. The maximum absolute atomic E-state index is 13.8. The Kier molecular flexibility index (Phi) is 5.49. The monoisotopic (exact) mass is 498 g/mol. The van der Waals surface area contributed by atoms with Crippen molar-refractivity contribution in [2.75, 3.05) is 32.7 Å². The zero-order valence-corrected chi connectivity index (χ0v) is 21.2. The van der Waals surface area contributed by atoms with Gasteiger partial charge in [-0.1, -0.05) is 35.9 Å². The first-order valence-electron chi connectivity index (χ1n) is 11.7. The topological polar surface area (TPSA) is 93.2 Å². The number of nitrogens with zero attached hydrogens (tertiary/aromatic N) is 2. The van der Waals surface area contributed by atoms with Crippen LogP contribution in [0, 0.1) is 12.3 Å². The van der Waals surface area contributed by atoms with Crippen LogP contribution in [0.2, 0.25) is 0 Å². The van der Waals surface area contributed by atoms with E-state index >= 15 is 0 Å². The molecule has 8 nitrogen and oxygen atoms in total. The van der Waals surface area contributed by atoms with Crippen LogP contribution < -0.4 is 4.90 Å². The van der Waals surface area contributed by atoms with E-state index in [0.717, 1.165) is 16.8 Å². The lowest BCUT2D eigenvalue weighted by molar-refractivity contribution is -0.176. The molecular formula is C26H30N2O6S. The van der Waals surface area contributed by atoms with Crippen molar-refractivity contribution in [3.05, 3.63) is 59.7 Å². The lowest BCUT2D eigenvalue weighted by Crippen LogP contribution is -2.68. The molecule has 2 heterocycles. The summed E-state index contributed by atoms with van der Waals surface area (Å²) >= 11 is 0. The maximum atomic E-state index is 13.8. The summed E-state index contributed by atoms with van der Waals surface area (Å²) in [5, 5.41) is 0. The molecule has 186 valence electrons. The van der Waals surface area contributed by atoms with Gasteiger partial charge in [-0.2, -0.15) is 4.31 Å². The lowest BCUT2D eigenvalue weighted by atomic mass is 9.55. The van der Waals surface area contributed by atoms with Gasteiger partial charge in [0.2, 0.25) is 10.0 Å². The molecule has 2 fully saturated rings. The molecule has 9 heteroatoms. The Labute approximate surface area is 205 Å². The van der Waals surface area contributed by atoms with Gasteiger partial charge in [0, 0.05) is 30.7 Å². The van der Waals surface area contributed by atoms with Crippen LogP contribution >= 0.6 is 0 Å². The third kappa shape index (κ3) is 2.97. The van der Waals surface area contributed by atoms with E-state index in [9.17, 15) is 18.0 Å². The van der Waals surface area contributed by atoms with Crippen LogP contribution in [0.3, 0.4) is 0 Å². The molecule has 1 spiro atoms. The average molecular weight is 499 g/mol. The second-order valence-corrected chi connectivity index (χ2v) is 11.6. The summed E-state index contributed by atoms with van der Waals surface area (Å²) in [7, 11) is 0.612. The van der Waals surface area contributed by atoms with Gasteiger partial charge >= 0.3 is 11.9 Å². The molecule has 1 saturated heterocycles. The van der Waals surface area contributed by atoms with Crippen molar-refractivity contribution in [1.29, 1.82) is 0 Å². The Balaban J connectivity index is 1.71. The number of sulfonamides is 1. The summed E-state index contributed by atoms with van der Waals surface area (Å²) in [6.45, 7) is 2.20. The number of methoxy groups -OCH3 is 2. The predicted molar refractivity (Wildman–Crippen MR) is 129 cm³/mol. The van der Waals surface area contributed by atoms with Crippen LogP contribution in [0.15, 0.2) is 53.4 Å². The zero-order valence-electron chi connectivity index (χ0n) is 20.4. The van der Waals surface area contributed by atoms with Gasteiger partial charge < -0.3 is 14.4 Å². The Bertz CT molecular complexity index is 1280. The fourth-order valence-electron chi connectivity index (χ4n) is 7.00. The summed E-state index contributed by atoms with van der Waals surface area (Å²) in [5.41, 5.74) is 0.472. The van der Waals surface area contributed by atoms with Crippen LogP contribution in [-0.2, 0) is 34.5 Å². The molecule has 3 atom stereocenters. The third-order valence-electron chi connectivity index (χ3n) is 8.35. The Morgan fingerprint density at radius 1 is 0.971 bits per heavy atom. The van der Waals surface area contributed by atoms with Gasteiger partial charge in [-0.15, -0.1) is 0 Å². The third-order valence-corrected chi connectivity index (χ3v) is 10.3. The molecule has 5 rings (SSSR count). The number of esters is 2. The first kappa shape index (κ1) is 23.8. The van der Waals surface area contributed by atoms with E-state index in [0.29, 0.717) is 12.8 Å². The summed E-state index contributed by atoms with van der Waals surface area (Å²) in [6.07, 6.45) is 0.931. The summed E-state index contributed by atoms with van der Waals surface area (Å²) in [6, 6.07) is 13.6. The quantitative estimate of drug-likeness (QED) is 0.473. The molecule has 2 aromatic rings. The number of carbonyl (C=O) groups excluding carboxylic acids is 2. The summed E-state index contributed by atoms with van der Waals surface area (Å²) < 4.78 is 39.7. The molecule has 0 amide bonds. The molecule has 0 unspecified atom stereocenters. The largest absolute Gasteiger partial charge is 0.468 e. The fourth-order valence-corrected chi connectivity index (χ4v) is 8.71. The van der Waals surface area contributed by atoms with Crippen molar-refractivity contribution >= 4 is 27.6 Å². The van der Waals surface area contributed by atoms with Crippen LogP contribution in [0.5, 0.6) is 0 Å². The second-order valence-electron chi connectivity index (χ2n) is 9.76. The number of likely N-dealkylation sites (N-methyl/N-ethyl adjacent to an activating group) is 1. The van der Waals surface area contributed by atoms with E-state index in [1.807, 2.05) is 43.1 Å². The standard InChI is InChI=1S/C26H30N2O6S/c1-17-9-11-18(12-10-17)35(31,32)28-16-15-25-19-7-5-6-8-20(19)27(2)22(25)26(23(29)33-3,24(30)34-4)14-13-21(25)28/h5-12,21-22H,13-16H2,1-4H3/t21-,22-,25-/m1/s1. The number of anilines is 1. The molecule has 0 aromatic heterocycles. The molecule has 2 aliphatic heterocycles. The highest BCUT2D eigenvalue weighted by molar-refractivity contribution is 7.89. The molecule has 1 aliphatic carbocycles. The van der Waals surface area contributed by atoms with E-state index in [1.165, 1.54) is 14.2 Å². The smallest absolute Gasteiger partial charge is 0.325 e. The minimum absolute atomic E-state index is 0.127. The van der Waals surface area contributed by atoms with E-state index in [2.05, 4.69) is 0 Å². The van der Waals surface area contributed by atoms with Crippen LogP contribution in [0.1, 0.15) is 30.4 Å². The fraction of sp³-hybridized carbons (Fsp3) is 0.462. The SMILES string of the molecule is COC(=O)C1(C(=O)OC)CC[C@H]2N(S(=O)(=O)c3ccc(C)cc3)CC[C@@]23c2ccccc2N(C)[C@@H]13. The molecule has 0 radical (unpaired) electrons. The normalized spacial score (nSPS) is 27.0. The van der Waals surface area contributed by atoms with Crippen molar-refractivity contribution in [2.45, 2.75) is 48.6 Å². The lowest BCUT2D eigenvalue weighted by Gasteiger charge is -2.52. The summed E-state index contributed by atoms with van der Waals surface area (Å²) in [4.78, 5) is 28.9. The van der Waals surface area contributed by atoms with Gasteiger partial charge in [-0.25, -0.2) is 8.42 Å². The molecule has 0 N–H and O–H groups in total. The minimum atomic E-state index is -3.80. The van der Waals surface area contributed by atoms with E-state index in [4.69, 9.17) is 9.47 Å². The van der Waals surface area contributed by atoms with Crippen molar-refractivity contribution in [1.82, 2.24) is 4.31 Å². The number of para-hydroxylation sites is 1. The van der Waals surface area contributed by atoms with Gasteiger partial charge in [0.05, 0.1) is 25.2 Å². The van der Waals surface area contributed by atoms with Crippen LogP contribution in [-0.4, -0.2) is 64.6 Å². The number of aryl methyl sites for hydroxylation is 1. The van der Waals surface area contributed by atoms with Crippen molar-refractivity contribution in [3.63, 3.8) is 0 Å². The maximum Gasteiger partial charge on any atom is 0.325 e. The van der Waals surface area contributed by atoms with Gasteiger partial charge in [-0.3, -0.25) is 9.59 Å². The predicted octanol–water partition coefficient (Wildman–Crippen LogP) is 2.64. The summed E-state index contributed by atoms with van der Waals surface area (Å²) in [5.74, 6) is -1.29. The Morgan fingerprint density at radius 2 is 1.60 bits per heavy atom. The first-order valence-corrected chi connectivity index (χ1v) is 13.2. The molecule has 0 bridgehead atoms. The molecule has 3 aliphatic rings. The number of fused-ring (bicyclic) bond motifs is 1. The second kappa shape index (κ2) is 8.06. The van der Waals surface area contributed by atoms with Crippen molar-refractivity contribution in [2.24, 2.45) is 5.41 Å². The number of carbonyl (C=O) groups is 2. The number of benzene rings is 2. The van der Waals surface area contributed by atoms with E-state index < -0.39 is 44.9 Å². The number of ether oxygens (including phenoxy) is 2. The highest BCUT2D eigenvalue weighted by Crippen LogP contribution is 2.63. The number of hydrogen-bond acceptors (Lipinski definition) is 7. The number of hydrogen-bond donors (Lipinski definition) is 0. The van der Waals surface area contributed by atoms with E-state index in [1.54, 1.807) is 28.6 Å². The molecule has 1 saturated carbocycles.